The summed E-state index contributed by atoms with van der Waals surface area (Å²) < 4.78 is 0. The summed E-state index contributed by atoms with van der Waals surface area (Å²) in [4.78, 5) is 14.0. The first-order chi connectivity index (χ1) is 7.29. The molecule has 0 aliphatic rings. The van der Waals surface area contributed by atoms with E-state index in [0.29, 0.717) is 11.6 Å². The fourth-order valence-corrected chi connectivity index (χ4v) is 1.27. The molecular formula is C10H11N5. The monoisotopic (exact) mass is 201 g/mol. The fourth-order valence-electron chi connectivity index (χ4n) is 1.27. The smallest absolute Gasteiger partial charge is 0.175 e. The van der Waals surface area contributed by atoms with Gasteiger partial charge >= 0.3 is 0 Å². The van der Waals surface area contributed by atoms with E-state index in [9.17, 15) is 0 Å². The Hall–Kier alpha value is -2.17. The highest BCUT2D eigenvalue weighted by molar-refractivity contribution is 5.66. The summed E-state index contributed by atoms with van der Waals surface area (Å²) in [5.74, 6) is 1.04. The average molecular weight is 201 g/mol. The number of aromatic nitrogens is 3. The summed E-state index contributed by atoms with van der Waals surface area (Å²) in [7, 11) is 1.87. The van der Waals surface area contributed by atoms with Crippen molar-refractivity contribution in [1.82, 2.24) is 15.0 Å². The van der Waals surface area contributed by atoms with Crippen LogP contribution in [0, 0.1) is 0 Å². The van der Waals surface area contributed by atoms with Gasteiger partial charge in [0, 0.05) is 25.6 Å². The molecule has 0 saturated heterocycles. The number of anilines is 3. The van der Waals surface area contributed by atoms with Gasteiger partial charge in [-0.05, 0) is 12.1 Å². The van der Waals surface area contributed by atoms with Crippen LogP contribution in [0.4, 0.5) is 17.3 Å². The minimum Gasteiger partial charge on any atom is -0.381 e. The van der Waals surface area contributed by atoms with E-state index in [2.05, 4.69) is 15.0 Å². The van der Waals surface area contributed by atoms with Crippen LogP contribution in [0.5, 0.6) is 0 Å². The van der Waals surface area contributed by atoms with E-state index < -0.39 is 0 Å². The molecule has 0 saturated carbocycles. The van der Waals surface area contributed by atoms with Crippen LogP contribution in [0.2, 0.25) is 0 Å². The molecule has 0 bridgehead atoms. The zero-order valence-corrected chi connectivity index (χ0v) is 8.33. The lowest BCUT2D eigenvalue weighted by atomic mass is 10.4. The average Bonchev–Trinajstić information content (AvgIpc) is 2.30. The summed E-state index contributed by atoms with van der Waals surface area (Å²) >= 11 is 0. The number of nitrogens with zero attached hydrogens (tertiary/aromatic N) is 4. The Balaban J connectivity index is 2.37. The Morgan fingerprint density at radius 2 is 2.00 bits per heavy atom. The molecule has 76 valence electrons. The van der Waals surface area contributed by atoms with Gasteiger partial charge in [-0.25, -0.2) is 9.97 Å². The molecule has 0 aliphatic carbocycles. The van der Waals surface area contributed by atoms with Gasteiger partial charge in [-0.15, -0.1) is 0 Å². The second-order valence-electron chi connectivity index (χ2n) is 3.04. The lowest BCUT2D eigenvalue weighted by molar-refractivity contribution is 1.08. The molecule has 5 nitrogen and oxygen atoms in total. The number of nitrogens with two attached hydrogens (primary N) is 1. The van der Waals surface area contributed by atoms with Crippen molar-refractivity contribution in [2.45, 2.75) is 0 Å². The van der Waals surface area contributed by atoms with Crippen LogP contribution >= 0.6 is 0 Å². The molecule has 15 heavy (non-hydrogen) atoms. The molecule has 2 aromatic rings. The molecule has 0 aliphatic heterocycles. The van der Waals surface area contributed by atoms with Crippen molar-refractivity contribution in [3.8, 4) is 0 Å². The van der Waals surface area contributed by atoms with Gasteiger partial charge in [0.25, 0.3) is 0 Å². The molecule has 0 spiro atoms. The predicted octanol–water partition coefficient (Wildman–Crippen LogP) is 1.22. The van der Waals surface area contributed by atoms with Crippen molar-refractivity contribution >= 4 is 17.3 Å². The largest absolute Gasteiger partial charge is 0.381 e. The standard InChI is InChI=1S/C10H11N5/c1-15(8-3-2-4-12-7-8)10-9(11)13-5-6-14-10/h2-7H,1H3,(H2,11,13). The molecule has 2 N–H and O–H groups in total. The molecule has 5 heteroatoms. The van der Waals surface area contributed by atoms with Gasteiger partial charge in [0.15, 0.2) is 11.6 Å². The first kappa shape index (κ1) is 9.39. The molecule has 0 unspecified atom stereocenters. The van der Waals surface area contributed by atoms with Crippen molar-refractivity contribution in [2.24, 2.45) is 0 Å². The fraction of sp³-hybridized carbons (Fsp3) is 0.100. The van der Waals surface area contributed by atoms with Crippen molar-refractivity contribution in [2.75, 3.05) is 17.7 Å². The molecule has 0 aromatic carbocycles. The summed E-state index contributed by atoms with van der Waals surface area (Å²) in [6, 6.07) is 3.79. The maximum atomic E-state index is 5.72. The van der Waals surface area contributed by atoms with Crippen LogP contribution in [0.25, 0.3) is 0 Å². The molecule has 0 radical (unpaired) electrons. The van der Waals surface area contributed by atoms with Crippen molar-refractivity contribution in [1.29, 1.82) is 0 Å². The maximum Gasteiger partial charge on any atom is 0.175 e. The molecular weight excluding hydrogens is 190 g/mol. The third-order valence-corrected chi connectivity index (χ3v) is 2.06. The predicted molar refractivity (Wildman–Crippen MR) is 58.7 cm³/mol. The van der Waals surface area contributed by atoms with E-state index in [0.717, 1.165) is 5.69 Å². The van der Waals surface area contributed by atoms with E-state index in [-0.39, 0.29) is 0 Å². The van der Waals surface area contributed by atoms with Gasteiger partial charge in [-0.3, -0.25) is 4.98 Å². The lowest BCUT2D eigenvalue weighted by Crippen LogP contribution is -2.14. The number of nitrogen functional groups attached to an aromatic ring is 1. The second-order valence-corrected chi connectivity index (χ2v) is 3.04. The van der Waals surface area contributed by atoms with Crippen LogP contribution in [-0.2, 0) is 0 Å². The van der Waals surface area contributed by atoms with Gasteiger partial charge in [0.1, 0.15) is 0 Å². The van der Waals surface area contributed by atoms with Crippen molar-refractivity contribution in [3.63, 3.8) is 0 Å². The van der Waals surface area contributed by atoms with Crippen LogP contribution < -0.4 is 10.6 Å². The van der Waals surface area contributed by atoms with Crippen LogP contribution in [-0.4, -0.2) is 22.0 Å². The highest BCUT2D eigenvalue weighted by Crippen LogP contribution is 2.23. The summed E-state index contributed by atoms with van der Waals surface area (Å²) in [5.41, 5.74) is 6.64. The Labute approximate surface area is 87.6 Å². The minimum atomic E-state index is 0.406. The van der Waals surface area contributed by atoms with E-state index in [4.69, 9.17) is 5.73 Å². The SMILES string of the molecule is CN(c1cccnc1)c1nccnc1N. The van der Waals surface area contributed by atoms with Gasteiger partial charge in [0.2, 0.25) is 0 Å². The zero-order valence-electron chi connectivity index (χ0n) is 8.33. The molecule has 0 fully saturated rings. The van der Waals surface area contributed by atoms with Gasteiger partial charge in [-0.2, -0.15) is 0 Å². The first-order valence-corrected chi connectivity index (χ1v) is 4.49. The lowest BCUT2D eigenvalue weighted by Gasteiger charge is -2.18. The third-order valence-electron chi connectivity index (χ3n) is 2.06. The van der Waals surface area contributed by atoms with Crippen molar-refractivity contribution in [3.05, 3.63) is 36.9 Å². The molecule has 2 heterocycles. The summed E-state index contributed by atoms with van der Waals surface area (Å²) in [6.45, 7) is 0. The van der Waals surface area contributed by atoms with Gasteiger partial charge < -0.3 is 10.6 Å². The van der Waals surface area contributed by atoms with Crippen LogP contribution in [0.1, 0.15) is 0 Å². The minimum absolute atomic E-state index is 0.406. The van der Waals surface area contributed by atoms with E-state index in [1.807, 2.05) is 24.1 Å². The number of hydrogen-bond donors (Lipinski definition) is 1. The Bertz CT molecular complexity index is 443. The highest BCUT2D eigenvalue weighted by Gasteiger charge is 2.08. The van der Waals surface area contributed by atoms with E-state index in [1.165, 1.54) is 0 Å². The zero-order chi connectivity index (χ0) is 10.7. The van der Waals surface area contributed by atoms with Crippen LogP contribution in [0.15, 0.2) is 36.9 Å². The molecule has 2 aromatic heterocycles. The van der Waals surface area contributed by atoms with Crippen molar-refractivity contribution < 1.29 is 0 Å². The molecule has 2 rings (SSSR count). The third kappa shape index (κ3) is 1.85. The van der Waals surface area contributed by atoms with E-state index >= 15 is 0 Å². The van der Waals surface area contributed by atoms with Gasteiger partial charge in [0.05, 0.1) is 11.9 Å². The second kappa shape index (κ2) is 3.91. The van der Waals surface area contributed by atoms with Gasteiger partial charge in [-0.1, -0.05) is 0 Å². The number of rotatable bonds is 2. The Morgan fingerprint density at radius 3 is 2.67 bits per heavy atom. The molecule has 0 atom stereocenters. The number of hydrogen-bond acceptors (Lipinski definition) is 5. The number of pyridine rings is 1. The quantitative estimate of drug-likeness (QED) is 0.791. The Morgan fingerprint density at radius 1 is 1.20 bits per heavy atom. The maximum absolute atomic E-state index is 5.72. The van der Waals surface area contributed by atoms with E-state index in [1.54, 1.807) is 24.8 Å². The summed E-state index contributed by atoms with van der Waals surface area (Å²) in [6.07, 6.45) is 6.64. The van der Waals surface area contributed by atoms with Crippen LogP contribution in [0.3, 0.4) is 0 Å². The highest BCUT2D eigenvalue weighted by atomic mass is 15.2. The first-order valence-electron chi connectivity index (χ1n) is 4.49. The topological polar surface area (TPSA) is 67.9 Å². The Kier molecular flexibility index (Phi) is 2.45. The molecule has 0 amide bonds. The summed E-state index contributed by atoms with van der Waals surface area (Å²) in [5, 5.41) is 0. The normalized spacial score (nSPS) is 9.93.